The second-order valence-corrected chi connectivity index (χ2v) is 7.25. The number of anilines is 2. The zero-order valence-corrected chi connectivity index (χ0v) is 17.8. The van der Waals surface area contributed by atoms with Crippen molar-refractivity contribution in [3.63, 3.8) is 0 Å². The van der Waals surface area contributed by atoms with Gasteiger partial charge < -0.3 is 19.7 Å². The van der Waals surface area contributed by atoms with Gasteiger partial charge in [0.15, 0.2) is 0 Å². The lowest BCUT2D eigenvalue weighted by Crippen LogP contribution is -2.54. The molecular weight excluding hydrogens is 406 g/mol. The zero-order chi connectivity index (χ0) is 22.3. The summed E-state index contributed by atoms with van der Waals surface area (Å²) in [5.41, 5.74) is 2.43. The van der Waals surface area contributed by atoms with Crippen molar-refractivity contribution in [2.24, 2.45) is 0 Å². The van der Waals surface area contributed by atoms with Gasteiger partial charge in [0.1, 0.15) is 29.7 Å². The van der Waals surface area contributed by atoms with Crippen LogP contribution in [-0.2, 0) is 0 Å². The van der Waals surface area contributed by atoms with Gasteiger partial charge in [-0.1, -0.05) is 18.7 Å². The first-order chi connectivity index (χ1) is 15.6. The molecule has 2 aromatic carbocycles. The number of aromatic nitrogens is 2. The van der Waals surface area contributed by atoms with Crippen LogP contribution in [0.4, 0.5) is 16.3 Å². The summed E-state index contributed by atoms with van der Waals surface area (Å²) in [5, 5.41) is 5.35. The van der Waals surface area contributed by atoms with Crippen LogP contribution in [0, 0.1) is 0 Å². The molecule has 2 N–H and O–H groups in total. The number of urea groups is 1. The minimum Gasteiger partial charge on any atom is -0.494 e. The summed E-state index contributed by atoms with van der Waals surface area (Å²) in [5.74, 6) is 2.11. The number of carbonyl (C=O) groups excluding carboxylic acids is 1. The average molecular weight is 431 g/mol. The molecule has 0 aliphatic carbocycles. The average Bonchev–Trinajstić information content (AvgIpc) is 2.78. The first-order valence-electron chi connectivity index (χ1n) is 10.4. The third-order valence-electron chi connectivity index (χ3n) is 4.95. The SMILES string of the molecule is C=C(NC(=O)Nc1ccncn1)c1ccc(N2CC(Oc3ccc(OCC)cc3)C2)cc1. The molecule has 0 radical (unpaired) electrons. The van der Waals surface area contributed by atoms with Crippen molar-refractivity contribution in [3.8, 4) is 11.5 Å². The molecule has 1 fully saturated rings. The first-order valence-corrected chi connectivity index (χ1v) is 10.4. The predicted molar refractivity (Wildman–Crippen MR) is 124 cm³/mol. The standard InChI is InChI=1S/C24H25N5O3/c1-3-31-20-8-10-21(11-9-20)32-22-14-29(15-22)19-6-4-18(5-7-19)17(2)27-24(30)28-23-12-13-25-16-26-23/h4-13,16,22H,2-3,14-15H2,1H3,(H2,25,26,27,28,30). The molecule has 8 nitrogen and oxygen atoms in total. The van der Waals surface area contributed by atoms with Crippen LogP contribution in [0.15, 0.2) is 73.7 Å². The van der Waals surface area contributed by atoms with Gasteiger partial charge in [0.2, 0.25) is 0 Å². The summed E-state index contributed by atoms with van der Waals surface area (Å²) >= 11 is 0. The smallest absolute Gasteiger partial charge is 0.324 e. The van der Waals surface area contributed by atoms with Crippen LogP contribution in [0.2, 0.25) is 0 Å². The lowest BCUT2D eigenvalue weighted by Gasteiger charge is -2.40. The van der Waals surface area contributed by atoms with Gasteiger partial charge in [-0.2, -0.15) is 0 Å². The lowest BCUT2D eigenvalue weighted by molar-refractivity contribution is 0.167. The van der Waals surface area contributed by atoms with E-state index in [4.69, 9.17) is 9.47 Å². The molecule has 8 heteroatoms. The molecule has 2 amide bonds. The van der Waals surface area contributed by atoms with E-state index in [9.17, 15) is 4.79 Å². The van der Waals surface area contributed by atoms with E-state index in [2.05, 4.69) is 32.1 Å². The predicted octanol–water partition coefficient (Wildman–Crippen LogP) is 3.94. The summed E-state index contributed by atoms with van der Waals surface area (Å²) in [7, 11) is 0. The summed E-state index contributed by atoms with van der Waals surface area (Å²) in [6.07, 6.45) is 3.07. The molecule has 0 spiro atoms. The monoisotopic (exact) mass is 431 g/mol. The van der Waals surface area contributed by atoms with E-state index >= 15 is 0 Å². The highest BCUT2D eigenvalue weighted by atomic mass is 16.5. The Bertz CT molecular complexity index is 1050. The van der Waals surface area contributed by atoms with Gasteiger partial charge >= 0.3 is 6.03 Å². The number of rotatable bonds is 8. The first kappa shape index (κ1) is 21.2. The minimum absolute atomic E-state index is 0.148. The molecule has 0 atom stereocenters. The van der Waals surface area contributed by atoms with Crippen molar-refractivity contribution in [1.29, 1.82) is 0 Å². The van der Waals surface area contributed by atoms with E-state index in [0.29, 0.717) is 18.1 Å². The Kier molecular flexibility index (Phi) is 6.50. The topological polar surface area (TPSA) is 88.6 Å². The Hall–Kier alpha value is -4.07. The number of nitrogens with one attached hydrogen (secondary N) is 2. The Morgan fingerprint density at radius 3 is 2.47 bits per heavy atom. The van der Waals surface area contributed by atoms with Crippen molar-refractivity contribution in [1.82, 2.24) is 15.3 Å². The number of hydrogen-bond acceptors (Lipinski definition) is 6. The number of ether oxygens (including phenoxy) is 2. The normalized spacial score (nSPS) is 13.1. The van der Waals surface area contributed by atoms with E-state index in [1.54, 1.807) is 12.3 Å². The quantitative estimate of drug-likeness (QED) is 0.562. The zero-order valence-electron chi connectivity index (χ0n) is 17.8. The second-order valence-electron chi connectivity index (χ2n) is 7.25. The van der Waals surface area contributed by atoms with E-state index in [-0.39, 0.29) is 6.10 Å². The van der Waals surface area contributed by atoms with Crippen molar-refractivity contribution in [2.45, 2.75) is 13.0 Å². The summed E-state index contributed by atoms with van der Waals surface area (Å²) in [6, 6.07) is 16.8. The van der Waals surface area contributed by atoms with E-state index in [0.717, 1.165) is 35.8 Å². The van der Waals surface area contributed by atoms with Gasteiger partial charge in [-0.25, -0.2) is 14.8 Å². The van der Waals surface area contributed by atoms with E-state index in [1.807, 2.05) is 55.5 Å². The van der Waals surface area contributed by atoms with Crippen LogP contribution in [0.1, 0.15) is 12.5 Å². The molecule has 3 aromatic rings. The second kappa shape index (κ2) is 9.82. The molecule has 32 heavy (non-hydrogen) atoms. The highest BCUT2D eigenvalue weighted by Crippen LogP contribution is 2.26. The molecule has 1 aliphatic rings. The van der Waals surface area contributed by atoms with Gasteiger partial charge in [-0.05, 0) is 55.0 Å². The molecule has 2 heterocycles. The number of nitrogens with zero attached hydrogens (tertiary/aromatic N) is 3. The largest absolute Gasteiger partial charge is 0.494 e. The molecule has 4 rings (SSSR count). The van der Waals surface area contributed by atoms with Gasteiger partial charge in [0, 0.05) is 17.6 Å². The van der Waals surface area contributed by atoms with Crippen LogP contribution in [-0.4, -0.2) is 41.8 Å². The highest BCUT2D eigenvalue weighted by molar-refractivity contribution is 5.94. The number of benzene rings is 2. The third-order valence-corrected chi connectivity index (χ3v) is 4.95. The number of amides is 2. The van der Waals surface area contributed by atoms with Gasteiger partial charge in [0.25, 0.3) is 0 Å². The Morgan fingerprint density at radius 1 is 1.09 bits per heavy atom. The number of hydrogen-bond donors (Lipinski definition) is 2. The summed E-state index contributed by atoms with van der Waals surface area (Å²) < 4.78 is 11.5. The molecule has 0 unspecified atom stereocenters. The van der Waals surface area contributed by atoms with Gasteiger partial charge in [0.05, 0.1) is 19.7 Å². The van der Waals surface area contributed by atoms with Crippen molar-refractivity contribution < 1.29 is 14.3 Å². The number of carbonyl (C=O) groups is 1. The maximum atomic E-state index is 12.1. The third kappa shape index (κ3) is 5.34. The van der Waals surface area contributed by atoms with Crippen LogP contribution in [0.5, 0.6) is 11.5 Å². The fourth-order valence-electron chi connectivity index (χ4n) is 3.29. The van der Waals surface area contributed by atoms with Gasteiger partial charge in [-0.3, -0.25) is 5.32 Å². The van der Waals surface area contributed by atoms with Crippen LogP contribution in [0.3, 0.4) is 0 Å². The molecule has 0 bridgehead atoms. The maximum absolute atomic E-state index is 12.1. The lowest BCUT2D eigenvalue weighted by atomic mass is 10.1. The minimum atomic E-state index is -0.408. The summed E-state index contributed by atoms with van der Waals surface area (Å²) in [6.45, 7) is 8.18. The van der Waals surface area contributed by atoms with E-state index in [1.165, 1.54) is 6.33 Å². The Morgan fingerprint density at radius 2 is 1.81 bits per heavy atom. The van der Waals surface area contributed by atoms with E-state index < -0.39 is 6.03 Å². The highest BCUT2D eigenvalue weighted by Gasteiger charge is 2.28. The van der Waals surface area contributed by atoms with Gasteiger partial charge in [-0.15, -0.1) is 0 Å². The van der Waals surface area contributed by atoms with Crippen molar-refractivity contribution in [3.05, 3.63) is 79.3 Å². The van der Waals surface area contributed by atoms with Crippen molar-refractivity contribution in [2.75, 3.05) is 29.9 Å². The molecule has 1 aliphatic heterocycles. The van der Waals surface area contributed by atoms with Crippen LogP contribution < -0.4 is 25.0 Å². The Balaban J connectivity index is 1.24. The van der Waals surface area contributed by atoms with Crippen LogP contribution in [0.25, 0.3) is 5.70 Å². The maximum Gasteiger partial charge on any atom is 0.324 e. The summed E-state index contributed by atoms with van der Waals surface area (Å²) in [4.78, 5) is 22.1. The molecular formula is C24H25N5O3. The fraction of sp³-hybridized carbons (Fsp3) is 0.208. The molecule has 1 saturated heterocycles. The fourth-order valence-corrected chi connectivity index (χ4v) is 3.29. The molecule has 1 aromatic heterocycles. The van der Waals surface area contributed by atoms with Crippen LogP contribution >= 0.6 is 0 Å². The Labute approximate surface area is 186 Å². The molecule has 164 valence electrons. The molecule has 0 saturated carbocycles. The van der Waals surface area contributed by atoms with Crippen molar-refractivity contribution >= 4 is 23.2 Å².